The maximum absolute atomic E-state index is 13.2. The van der Waals surface area contributed by atoms with Gasteiger partial charge in [0.05, 0.1) is 29.6 Å². The maximum Gasteiger partial charge on any atom is 0.417 e. The van der Waals surface area contributed by atoms with Crippen molar-refractivity contribution < 1.29 is 18.3 Å². The van der Waals surface area contributed by atoms with Gasteiger partial charge in [-0.2, -0.15) is 23.1 Å². The van der Waals surface area contributed by atoms with Gasteiger partial charge in [0, 0.05) is 12.2 Å². The Bertz CT molecular complexity index is 1000. The molecule has 3 N–H and O–H groups in total. The van der Waals surface area contributed by atoms with Gasteiger partial charge in [-0.1, -0.05) is 18.5 Å². The van der Waals surface area contributed by atoms with Crippen molar-refractivity contribution in [1.82, 2.24) is 19.5 Å². The summed E-state index contributed by atoms with van der Waals surface area (Å²) in [7, 11) is 0. The van der Waals surface area contributed by atoms with Crippen molar-refractivity contribution in [2.75, 3.05) is 17.2 Å². The van der Waals surface area contributed by atoms with Gasteiger partial charge in [0.25, 0.3) is 0 Å². The molecular formula is C18H20ClF3N6O. The molecule has 0 bridgehead atoms. The number of alkyl halides is 3. The number of hydrogen-bond acceptors (Lipinski definition) is 6. The average molecular weight is 429 g/mol. The normalized spacial score (nSPS) is 12.9. The molecule has 0 spiro atoms. The number of nitrogens with one attached hydrogen (secondary N) is 2. The summed E-state index contributed by atoms with van der Waals surface area (Å²) in [5.74, 6) is 0.481. The molecule has 0 aliphatic heterocycles. The summed E-state index contributed by atoms with van der Waals surface area (Å²) in [6.07, 6.45) is -2.36. The molecule has 0 saturated carbocycles. The van der Waals surface area contributed by atoms with E-state index in [0.29, 0.717) is 24.1 Å². The monoisotopic (exact) mass is 428 g/mol. The van der Waals surface area contributed by atoms with Crippen molar-refractivity contribution in [2.45, 2.75) is 39.0 Å². The van der Waals surface area contributed by atoms with E-state index in [4.69, 9.17) is 11.6 Å². The van der Waals surface area contributed by atoms with Crippen molar-refractivity contribution in [1.29, 1.82) is 0 Å². The summed E-state index contributed by atoms with van der Waals surface area (Å²) in [6, 6.07) is 3.26. The quantitative estimate of drug-likeness (QED) is 0.515. The Morgan fingerprint density at radius 3 is 2.62 bits per heavy atom. The van der Waals surface area contributed by atoms with Crippen LogP contribution < -0.4 is 10.6 Å². The molecule has 29 heavy (non-hydrogen) atoms. The molecule has 11 heteroatoms. The van der Waals surface area contributed by atoms with E-state index in [9.17, 15) is 18.3 Å². The highest BCUT2D eigenvalue weighted by Gasteiger charge is 2.33. The first kappa shape index (κ1) is 21.1. The zero-order valence-electron chi connectivity index (χ0n) is 15.8. The second-order valence-electron chi connectivity index (χ2n) is 6.35. The van der Waals surface area contributed by atoms with E-state index in [-0.39, 0.29) is 35.1 Å². The van der Waals surface area contributed by atoms with E-state index in [2.05, 4.69) is 25.6 Å². The van der Waals surface area contributed by atoms with Crippen LogP contribution in [0.2, 0.25) is 5.02 Å². The first-order valence-corrected chi connectivity index (χ1v) is 9.38. The van der Waals surface area contributed by atoms with E-state index >= 15 is 0 Å². The molecule has 1 aromatic carbocycles. The van der Waals surface area contributed by atoms with Crippen LogP contribution in [0.15, 0.2) is 24.5 Å². The van der Waals surface area contributed by atoms with Crippen LogP contribution in [0.5, 0.6) is 0 Å². The molecule has 1 unspecified atom stereocenters. The third kappa shape index (κ3) is 4.54. The average Bonchev–Trinajstić information content (AvgIpc) is 3.10. The van der Waals surface area contributed by atoms with Gasteiger partial charge in [0.1, 0.15) is 0 Å². The van der Waals surface area contributed by atoms with Gasteiger partial charge < -0.3 is 20.3 Å². The Kier molecular flexibility index (Phi) is 6.13. The number of aromatic nitrogens is 4. The van der Waals surface area contributed by atoms with Gasteiger partial charge in [-0.05, 0) is 31.5 Å². The number of fused-ring (bicyclic) bond motifs is 1. The fourth-order valence-corrected chi connectivity index (χ4v) is 2.97. The second-order valence-corrected chi connectivity index (χ2v) is 6.76. The molecule has 0 saturated heterocycles. The molecule has 2 aromatic heterocycles. The van der Waals surface area contributed by atoms with Gasteiger partial charge in [-0.15, -0.1) is 0 Å². The smallest absolute Gasteiger partial charge is 0.394 e. The highest BCUT2D eigenvalue weighted by Crippen LogP contribution is 2.37. The molecule has 2 heterocycles. The van der Waals surface area contributed by atoms with E-state index in [1.165, 1.54) is 12.1 Å². The van der Waals surface area contributed by atoms with E-state index in [0.717, 1.165) is 6.07 Å². The number of aliphatic hydroxyl groups excluding tert-OH is 1. The molecule has 0 amide bonds. The number of aliphatic hydroxyl groups is 1. The zero-order valence-corrected chi connectivity index (χ0v) is 16.5. The lowest BCUT2D eigenvalue weighted by Crippen LogP contribution is -2.24. The first-order valence-electron chi connectivity index (χ1n) is 9.00. The Labute approximate surface area is 169 Å². The molecule has 3 aromatic rings. The molecule has 0 radical (unpaired) electrons. The summed E-state index contributed by atoms with van der Waals surface area (Å²) >= 11 is 5.69. The molecule has 0 fully saturated rings. The lowest BCUT2D eigenvalue weighted by atomic mass is 10.2. The fourth-order valence-electron chi connectivity index (χ4n) is 2.74. The van der Waals surface area contributed by atoms with Gasteiger partial charge in [-0.3, -0.25) is 0 Å². The van der Waals surface area contributed by atoms with E-state index in [1.54, 1.807) is 10.9 Å². The fraction of sp³-hybridized carbons (Fsp3) is 0.389. The van der Waals surface area contributed by atoms with Crippen molar-refractivity contribution >= 4 is 40.2 Å². The highest BCUT2D eigenvalue weighted by molar-refractivity contribution is 6.31. The lowest BCUT2D eigenvalue weighted by Gasteiger charge is -2.16. The minimum absolute atomic E-state index is 0.111. The van der Waals surface area contributed by atoms with E-state index in [1.807, 2.05) is 13.8 Å². The summed E-state index contributed by atoms with van der Waals surface area (Å²) in [6.45, 7) is 4.30. The van der Waals surface area contributed by atoms with Gasteiger partial charge >= 0.3 is 6.18 Å². The Morgan fingerprint density at radius 1 is 1.24 bits per heavy atom. The molecule has 156 valence electrons. The minimum atomic E-state index is -4.58. The first-order chi connectivity index (χ1) is 13.8. The summed E-state index contributed by atoms with van der Waals surface area (Å²) < 4.78 is 41.3. The van der Waals surface area contributed by atoms with Crippen molar-refractivity contribution in [3.8, 4) is 0 Å². The topological polar surface area (TPSA) is 87.9 Å². The number of anilines is 3. The summed E-state index contributed by atoms with van der Waals surface area (Å²) in [5.41, 5.74) is 0.148. The van der Waals surface area contributed by atoms with Crippen molar-refractivity contribution in [3.05, 3.63) is 35.1 Å². The van der Waals surface area contributed by atoms with Crippen molar-refractivity contribution in [2.24, 2.45) is 0 Å². The third-order valence-electron chi connectivity index (χ3n) is 4.39. The van der Waals surface area contributed by atoms with Gasteiger partial charge in [-0.25, -0.2) is 4.98 Å². The number of rotatable bonds is 7. The van der Waals surface area contributed by atoms with Crippen LogP contribution in [0.4, 0.5) is 30.6 Å². The Morgan fingerprint density at radius 2 is 2.00 bits per heavy atom. The summed E-state index contributed by atoms with van der Waals surface area (Å²) in [5, 5.41) is 15.0. The van der Waals surface area contributed by atoms with Crippen LogP contribution in [-0.2, 0) is 12.7 Å². The SMILES string of the molecule is CCC(CO)Nc1nc(Nc2ccc(Cl)c(C(F)(F)F)c2)c2ncn(CC)c2n1. The van der Waals surface area contributed by atoms with Crippen LogP contribution in [0.3, 0.4) is 0 Å². The van der Waals surface area contributed by atoms with Gasteiger partial charge in [0.2, 0.25) is 5.95 Å². The Hall–Kier alpha value is -2.59. The standard InChI is InChI=1S/C18H20ClF3N6O/c1-3-10(8-29)25-17-26-15(14-16(27-17)28(4-2)9-23-14)24-11-5-6-13(19)12(7-11)18(20,21)22/h5-7,9-10,29H,3-4,8H2,1-2H3,(H2,24,25,26,27). The number of aryl methyl sites for hydroxylation is 1. The lowest BCUT2D eigenvalue weighted by molar-refractivity contribution is -0.137. The molecule has 1 atom stereocenters. The van der Waals surface area contributed by atoms with Crippen LogP contribution >= 0.6 is 11.6 Å². The van der Waals surface area contributed by atoms with Crippen LogP contribution in [0, 0.1) is 0 Å². The van der Waals surface area contributed by atoms with Crippen LogP contribution in [-0.4, -0.2) is 37.3 Å². The van der Waals surface area contributed by atoms with Crippen molar-refractivity contribution in [3.63, 3.8) is 0 Å². The Balaban J connectivity index is 2.05. The highest BCUT2D eigenvalue weighted by atomic mass is 35.5. The minimum Gasteiger partial charge on any atom is -0.394 e. The summed E-state index contributed by atoms with van der Waals surface area (Å²) in [4.78, 5) is 13.1. The molecule has 0 aliphatic carbocycles. The number of halogens is 4. The number of hydrogen-bond donors (Lipinski definition) is 3. The largest absolute Gasteiger partial charge is 0.417 e. The van der Waals surface area contributed by atoms with E-state index < -0.39 is 11.7 Å². The molecule has 7 nitrogen and oxygen atoms in total. The number of imidazole rings is 1. The van der Waals surface area contributed by atoms with Crippen LogP contribution in [0.25, 0.3) is 11.2 Å². The van der Waals surface area contributed by atoms with Crippen LogP contribution in [0.1, 0.15) is 25.8 Å². The third-order valence-corrected chi connectivity index (χ3v) is 4.72. The maximum atomic E-state index is 13.2. The molecular weight excluding hydrogens is 409 g/mol. The molecule has 0 aliphatic rings. The van der Waals surface area contributed by atoms with Gasteiger partial charge in [0.15, 0.2) is 17.0 Å². The zero-order chi connectivity index (χ0) is 21.2. The second kappa shape index (κ2) is 8.42. The molecule has 3 rings (SSSR count). The number of benzene rings is 1. The predicted octanol–water partition coefficient (Wildman–Crippen LogP) is 4.44. The number of nitrogens with zero attached hydrogens (tertiary/aromatic N) is 4. The predicted molar refractivity (Wildman–Crippen MR) is 106 cm³/mol.